The Morgan fingerprint density at radius 1 is 1.38 bits per heavy atom. The van der Waals surface area contributed by atoms with E-state index in [1.54, 1.807) is 6.92 Å². The highest BCUT2D eigenvalue weighted by atomic mass is 35.5. The van der Waals surface area contributed by atoms with Gasteiger partial charge in [-0.2, -0.15) is 0 Å². The van der Waals surface area contributed by atoms with E-state index < -0.39 is 17.3 Å². The van der Waals surface area contributed by atoms with Crippen LogP contribution in [-0.2, 0) is 19.1 Å². The molecule has 1 aliphatic rings. The quantitative estimate of drug-likeness (QED) is 0.586. The number of nitrogens with zero attached hydrogens (tertiary/aromatic N) is 1. The third-order valence-electron chi connectivity index (χ3n) is 3.33. The lowest BCUT2D eigenvalue weighted by Gasteiger charge is -2.16. The first kappa shape index (κ1) is 19.1. The van der Waals surface area contributed by atoms with Crippen LogP contribution in [0.25, 0.3) is 0 Å². The van der Waals surface area contributed by atoms with Crippen LogP contribution in [0, 0.1) is 0 Å². The van der Waals surface area contributed by atoms with Gasteiger partial charge in [0.2, 0.25) is 11.8 Å². The van der Waals surface area contributed by atoms with Crippen LogP contribution in [0.1, 0.15) is 13.3 Å². The van der Waals surface area contributed by atoms with Crippen molar-refractivity contribution in [1.82, 2.24) is 0 Å². The Labute approximate surface area is 153 Å². The predicted molar refractivity (Wildman–Crippen MR) is 93.1 cm³/mol. The second-order valence-electron chi connectivity index (χ2n) is 5.17. The maximum absolute atomic E-state index is 12.5. The van der Waals surface area contributed by atoms with Crippen LogP contribution >= 0.6 is 35.0 Å². The van der Waals surface area contributed by atoms with Gasteiger partial charge in [-0.15, -0.1) is 11.8 Å². The van der Waals surface area contributed by atoms with E-state index in [1.807, 2.05) is 0 Å². The number of imide groups is 1. The summed E-state index contributed by atoms with van der Waals surface area (Å²) in [6.45, 7) is 1.99. The molecule has 1 aromatic carbocycles. The number of benzene rings is 1. The summed E-state index contributed by atoms with van der Waals surface area (Å²) >= 11 is 13.1. The Balaban J connectivity index is 2.05. The molecule has 1 heterocycles. The van der Waals surface area contributed by atoms with Crippen molar-refractivity contribution >= 4 is 58.4 Å². The van der Waals surface area contributed by atoms with Crippen molar-refractivity contribution < 1.29 is 24.9 Å². The van der Waals surface area contributed by atoms with Crippen molar-refractivity contribution in [1.29, 1.82) is 0 Å². The molecule has 0 spiro atoms. The zero-order valence-electron chi connectivity index (χ0n) is 13.0. The Bertz CT molecular complexity index is 651. The molecule has 130 valence electrons. The molecule has 24 heavy (non-hydrogen) atoms. The Morgan fingerprint density at radius 2 is 2.00 bits per heavy atom. The number of rotatable bonds is 6. The molecule has 2 amide bonds. The van der Waals surface area contributed by atoms with E-state index in [0.29, 0.717) is 21.5 Å². The first-order chi connectivity index (χ1) is 11.3. The predicted octanol–water partition coefficient (Wildman–Crippen LogP) is 1.53. The average Bonchev–Trinajstić information content (AvgIpc) is 2.78. The Kier molecular flexibility index (Phi) is 6.51. The van der Waals surface area contributed by atoms with Crippen LogP contribution in [0.4, 0.5) is 5.69 Å². The van der Waals surface area contributed by atoms with E-state index in [4.69, 9.17) is 27.9 Å². The maximum Gasteiger partial charge on any atom is 0.365 e. The molecule has 3 N–H and O–H groups in total. The number of carbonyl (C=O) groups excluding carboxylic acids is 3. The van der Waals surface area contributed by atoms with Crippen molar-refractivity contribution in [2.45, 2.75) is 24.6 Å². The van der Waals surface area contributed by atoms with Gasteiger partial charge < -0.3 is 10.5 Å². The molecule has 1 fully saturated rings. The fourth-order valence-electron chi connectivity index (χ4n) is 2.23. The van der Waals surface area contributed by atoms with Gasteiger partial charge in [-0.3, -0.25) is 9.59 Å². The van der Waals surface area contributed by atoms with Crippen molar-refractivity contribution in [3.63, 3.8) is 0 Å². The smallest absolute Gasteiger partial charge is 0.365 e. The zero-order valence-corrected chi connectivity index (χ0v) is 15.3. The van der Waals surface area contributed by atoms with Gasteiger partial charge in [0, 0.05) is 16.5 Å². The minimum Gasteiger partial charge on any atom is -0.462 e. The highest BCUT2D eigenvalue weighted by Crippen LogP contribution is 2.32. The molecule has 1 saturated heterocycles. The molecule has 2 rings (SSSR count). The number of thioether (sulfide) groups is 1. The second kappa shape index (κ2) is 8.20. The lowest BCUT2D eigenvalue weighted by Crippen LogP contribution is -2.66. The molecule has 0 unspecified atom stereocenters. The van der Waals surface area contributed by atoms with Gasteiger partial charge >= 0.3 is 5.97 Å². The maximum atomic E-state index is 12.5. The SMILES string of the molecule is CCOC(=O)[C@H]([NH3+])CS[C@@H]1CC(=O)N(c2cc(Cl)cc(Cl)c2)C1=O. The zero-order chi connectivity index (χ0) is 17.9. The van der Waals surface area contributed by atoms with E-state index in [1.165, 1.54) is 30.0 Å². The molecule has 6 nitrogen and oxygen atoms in total. The van der Waals surface area contributed by atoms with Gasteiger partial charge in [0.25, 0.3) is 0 Å². The number of ether oxygens (including phenoxy) is 1. The molecule has 0 aromatic heterocycles. The largest absolute Gasteiger partial charge is 0.462 e. The minimum absolute atomic E-state index is 0.0587. The standard InChI is InChI=1S/C15H16Cl2N2O4S/c1-2-23-15(22)11(18)7-24-12-6-13(20)19(14(12)21)10-4-8(16)3-9(17)5-10/h3-5,11-12H,2,6-7,18H2,1H3/p+1/t11-,12-/m1/s1. The minimum atomic E-state index is -0.590. The molecule has 9 heteroatoms. The van der Waals surface area contributed by atoms with E-state index in [0.717, 1.165) is 4.90 Å². The van der Waals surface area contributed by atoms with Crippen molar-refractivity contribution in [3.8, 4) is 0 Å². The Hall–Kier alpha value is -1.28. The lowest BCUT2D eigenvalue weighted by atomic mass is 10.3. The van der Waals surface area contributed by atoms with Crippen LogP contribution in [0.2, 0.25) is 10.0 Å². The summed E-state index contributed by atoms with van der Waals surface area (Å²) in [6, 6.07) is 3.96. The summed E-state index contributed by atoms with van der Waals surface area (Å²) in [5, 5.41) is 0.123. The number of halogens is 2. The van der Waals surface area contributed by atoms with Crippen LogP contribution in [-0.4, -0.2) is 41.4 Å². The number of amides is 2. The first-order valence-electron chi connectivity index (χ1n) is 7.27. The van der Waals surface area contributed by atoms with E-state index in [-0.39, 0.29) is 24.8 Å². The average molecular weight is 392 g/mol. The summed E-state index contributed by atoms with van der Waals surface area (Å²) in [5.41, 5.74) is 4.07. The fraction of sp³-hybridized carbons (Fsp3) is 0.400. The van der Waals surface area contributed by atoms with E-state index in [2.05, 4.69) is 5.73 Å². The number of carbonyl (C=O) groups is 3. The topological polar surface area (TPSA) is 91.3 Å². The van der Waals surface area contributed by atoms with Gasteiger partial charge in [0.1, 0.15) is 0 Å². The molecule has 0 saturated carbocycles. The van der Waals surface area contributed by atoms with Gasteiger partial charge in [-0.05, 0) is 25.1 Å². The monoisotopic (exact) mass is 391 g/mol. The van der Waals surface area contributed by atoms with Crippen molar-refractivity contribution in [2.24, 2.45) is 0 Å². The third-order valence-corrected chi connectivity index (χ3v) is 5.13. The van der Waals surface area contributed by atoms with Crippen LogP contribution in [0.3, 0.4) is 0 Å². The number of anilines is 1. The number of esters is 1. The van der Waals surface area contributed by atoms with Gasteiger partial charge in [-0.25, -0.2) is 9.69 Å². The summed E-state index contributed by atoms with van der Waals surface area (Å²) in [7, 11) is 0. The normalized spacial score (nSPS) is 18.8. The van der Waals surface area contributed by atoms with E-state index in [9.17, 15) is 14.4 Å². The molecule has 1 aliphatic heterocycles. The molecule has 2 atom stereocenters. The molecule has 0 aliphatic carbocycles. The molecule has 1 aromatic rings. The molecular weight excluding hydrogens is 375 g/mol. The third kappa shape index (κ3) is 4.42. The first-order valence-corrected chi connectivity index (χ1v) is 9.08. The highest BCUT2D eigenvalue weighted by molar-refractivity contribution is 8.00. The lowest BCUT2D eigenvalue weighted by molar-refractivity contribution is -0.401. The van der Waals surface area contributed by atoms with Crippen molar-refractivity contribution in [2.75, 3.05) is 17.3 Å². The Morgan fingerprint density at radius 3 is 2.58 bits per heavy atom. The summed E-state index contributed by atoms with van der Waals surface area (Å²) in [5.74, 6) is -0.792. The van der Waals surface area contributed by atoms with E-state index >= 15 is 0 Å². The number of hydrogen-bond donors (Lipinski definition) is 1. The molecular formula is C15H17Cl2N2O4S+. The summed E-state index contributed by atoms with van der Waals surface area (Å²) < 4.78 is 4.88. The second-order valence-corrected chi connectivity index (χ2v) is 7.28. The fourth-order valence-corrected chi connectivity index (χ4v) is 3.86. The van der Waals surface area contributed by atoms with Crippen LogP contribution in [0.15, 0.2) is 18.2 Å². The molecule has 0 bridgehead atoms. The van der Waals surface area contributed by atoms with Crippen LogP contribution in [0.5, 0.6) is 0 Å². The van der Waals surface area contributed by atoms with Crippen LogP contribution < -0.4 is 10.6 Å². The van der Waals surface area contributed by atoms with Gasteiger partial charge in [0.15, 0.2) is 6.04 Å². The molecule has 0 radical (unpaired) electrons. The van der Waals surface area contributed by atoms with Gasteiger partial charge in [-0.1, -0.05) is 23.2 Å². The van der Waals surface area contributed by atoms with Crippen molar-refractivity contribution in [3.05, 3.63) is 28.2 Å². The number of quaternary nitrogens is 1. The summed E-state index contributed by atoms with van der Waals surface area (Å²) in [6.07, 6.45) is 0.0587. The van der Waals surface area contributed by atoms with Gasteiger partial charge in [0.05, 0.1) is 23.3 Å². The summed E-state index contributed by atoms with van der Waals surface area (Å²) in [4.78, 5) is 37.4. The number of hydrogen-bond acceptors (Lipinski definition) is 5. The highest BCUT2D eigenvalue weighted by Gasteiger charge is 2.40.